The third kappa shape index (κ3) is 3.51. The number of nitrogens with zero attached hydrogens (tertiary/aromatic N) is 2. The SMILES string of the molecule is CC(C)c1ccccc1N1C(=O)/C(=C\c2ccc(C#N)cc2)SC1=S. The molecule has 3 nitrogen and oxygen atoms in total. The first kappa shape index (κ1) is 17.4. The Kier molecular flexibility index (Phi) is 5.03. The van der Waals surface area contributed by atoms with E-state index >= 15 is 0 Å². The fourth-order valence-corrected chi connectivity index (χ4v) is 3.94. The number of thiocarbonyl (C=S) groups is 1. The van der Waals surface area contributed by atoms with Gasteiger partial charge in [-0.2, -0.15) is 5.26 Å². The molecule has 124 valence electrons. The van der Waals surface area contributed by atoms with Crippen molar-refractivity contribution >= 4 is 46.0 Å². The Labute approximate surface area is 157 Å². The van der Waals surface area contributed by atoms with Crippen LogP contribution in [0.2, 0.25) is 0 Å². The van der Waals surface area contributed by atoms with Crippen LogP contribution in [0.5, 0.6) is 0 Å². The smallest absolute Gasteiger partial charge is 0.268 e. The lowest BCUT2D eigenvalue weighted by atomic mass is 10.0. The van der Waals surface area contributed by atoms with E-state index in [9.17, 15) is 4.79 Å². The molecule has 2 aromatic rings. The lowest BCUT2D eigenvalue weighted by molar-refractivity contribution is -0.113. The van der Waals surface area contributed by atoms with E-state index in [2.05, 4.69) is 19.9 Å². The summed E-state index contributed by atoms with van der Waals surface area (Å²) in [7, 11) is 0. The Hall–Kier alpha value is -2.42. The fraction of sp³-hybridized carbons (Fsp3) is 0.150. The molecule has 1 amide bonds. The van der Waals surface area contributed by atoms with E-state index in [-0.39, 0.29) is 5.91 Å². The zero-order valence-corrected chi connectivity index (χ0v) is 15.5. The van der Waals surface area contributed by atoms with Crippen LogP contribution in [-0.4, -0.2) is 10.2 Å². The summed E-state index contributed by atoms with van der Waals surface area (Å²) in [4.78, 5) is 15.1. The summed E-state index contributed by atoms with van der Waals surface area (Å²) in [5.41, 5.74) is 3.41. The first-order valence-corrected chi connectivity index (χ1v) is 9.11. The molecule has 0 bridgehead atoms. The lowest BCUT2D eigenvalue weighted by Crippen LogP contribution is -2.28. The number of anilines is 1. The fourth-order valence-electron chi connectivity index (χ4n) is 2.66. The molecule has 1 aliphatic rings. The minimum absolute atomic E-state index is 0.104. The van der Waals surface area contributed by atoms with Gasteiger partial charge in [0, 0.05) is 0 Å². The summed E-state index contributed by atoms with van der Waals surface area (Å²) in [5, 5.41) is 8.87. The van der Waals surface area contributed by atoms with E-state index in [0.29, 0.717) is 20.7 Å². The van der Waals surface area contributed by atoms with Gasteiger partial charge in [-0.15, -0.1) is 0 Å². The Balaban J connectivity index is 1.95. The Bertz CT molecular complexity index is 908. The third-order valence-electron chi connectivity index (χ3n) is 3.93. The van der Waals surface area contributed by atoms with Crippen molar-refractivity contribution in [3.8, 4) is 6.07 Å². The molecule has 0 saturated carbocycles. The molecule has 0 spiro atoms. The maximum atomic E-state index is 12.9. The van der Waals surface area contributed by atoms with Gasteiger partial charge in [0.2, 0.25) is 0 Å². The average Bonchev–Trinajstić information content (AvgIpc) is 2.89. The van der Waals surface area contributed by atoms with Crippen molar-refractivity contribution in [3.63, 3.8) is 0 Å². The molecule has 0 aromatic heterocycles. The molecule has 5 heteroatoms. The van der Waals surface area contributed by atoms with E-state index in [1.807, 2.05) is 42.5 Å². The number of para-hydroxylation sites is 1. The summed E-state index contributed by atoms with van der Waals surface area (Å²) < 4.78 is 0.540. The largest absolute Gasteiger partial charge is 0.270 e. The number of carbonyl (C=O) groups is 1. The highest BCUT2D eigenvalue weighted by atomic mass is 32.2. The highest BCUT2D eigenvalue weighted by Crippen LogP contribution is 2.39. The van der Waals surface area contributed by atoms with Crippen molar-refractivity contribution < 1.29 is 4.79 Å². The summed E-state index contributed by atoms with van der Waals surface area (Å²) in [6.45, 7) is 4.20. The summed E-state index contributed by atoms with van der Waals surface area (Å²) in [6.07, 6.45) is 1.82. The monoisotopic (exact) mass is 364 g/mol. The molecular weight excluding hydrogens is 348 g/mol. The number of rotatable bonds is 3. The van der Waals surface area contributed by atoms with E-state index in [0.717, 1.165) is 16.8 Å². The topological polar surface area (TPSA) is 44.1 Å². The van der Waals surface area contributed by atoms with Gasteiger partial charge in [0.15, 0.2) is 4.32 Å². The van der Waals surface area contributed by atoms with Gasteiger partial charge in [-0.3, -0.25) is 9.69 Å². The number of benzene rings is 2. The maximum Gasteiger partial charge on any atom is 0.270 e. The van der Waals surface area contributed by atoms with Crippen LogP contribution < -0.4 is 4.90 Å². The zero-order valence-electron chi connectivity index (χ0n) is 13.9. The number of hydrogen-bond donors (Lipinski definition) is 0. The van der Waals surface area contributed by atoms with Crippen LogP contribution >= 0.6 is 24.0 Å². The second kappa shape index (κ2) is 7.22. The van der Waals surface area contributed by atoms with Crippen LogP contribution in [0.15, 0.2) is 53.4 Å². The number of thioether (sulfide) groups is 1. The minimum atomic E-state index is -0.104. The summed E-state index contributed by atoms with van der Waals surface area (Å²) >= 11 is 6.77. The van der Waals surface area contributed by atoms with Crippen LogP contribution in [0.1, 0.15) is 36.5 Å². The van der Waals surface area contributed by atoms with Crippen LogP contribution in [-0.2, 0) is 4.79 Å². The van der Waals surface area contributed by atoms with Crippen molar-refractivity contribution in [2.75, 3.05) is 4.90 Å². The molecule has 3 rings (SSSR count). The molecule has 25 heavy (non-hydrogen) atoms. The van der Waals surface area contributed by atoms with Crippen molar-refractivity contribution in [1.29, 1.82) is 5.26 Å². The summed E-state index contributed by atoms with van der Waals surface area (Å²) in [5.74, 6) is 0.191. The zero-order chi connectivity index (χ0) is 18.0. The van der Waals surface area contributed by atoms with Crippen molar-refractivity contribution in [1.82, 2.24) is 0 Å². The van der Waals surface area contributed by atoms with Crippen molar-refractivity contribution in [2.45, 2.75) is 19.8 Å². The molecular formula is C20H16N2OS2. The van der Waals surface area contributed by atoms with Crippen LogP contribution in [0.4, 0.5) is 5.69 Å². The van der Waals surface area contributed by atoms with Gasteiger partial charge in [0.1, 0.15) is 0 Å². The lowest BCUT2D eigenvalue weighted by Gasteiger charge is -2.20. The van der Waals surface area contributed by atoms with Gasteiger partial charge in [0.25, 0.3) is 5.91 Å². The Morgan fingerprint density at radius 3 is 2.48 bits per heavy atom. The third-order valence-corrected chi connectivity index (χ3v) is 5.23. The molecule has 0 atom stereocenters. The molecule has 2 aromatic carbocycles. The van der Waals surface area contributed by atoms with E-state index in [1.54, 1.807) is 17.0 Å². The van der Waals surface area contributed by atoms with Gasteiger partial charge in [0.05, 0.1) is 22.2 Å². The molecule has 0 aliphatic carbocycles. The molecule has 0 N–H and O–H groups in total. The molecule has 1 aliphatic heterocycles. The molecule has 0 radical (unpaired) electrons. The standard InChI is InChI=1S/C20H16N2OS2/c1-13(2)16-5-3-4-6-17(16)22-19(23)18(25-20(22)24)11-14-7-9-15(12-21)10-8-14/h3-11,13H,1-2H3/b18-11+. The van der Waals surface area contributed by atoms with E-state index < -0.39 is 0 Å². The first-order valence-electron chi connectivity index (χ1n) is 7.88. The first-order chi connectivity index (χ1) is 12.0. The van der Waals surface area contributed by atoms with Gasteiger partial charge >= 0.3 is 0 Å². The predicted molar refractivity (Wildman–Crippen MR) is 107 cm³/mol. The van der Waals surface area contributed by atoms with Crippen LogP contribution in [0, 0.1) is 11.3 Å². The number of nitriles is 1. The second-order valence-corrected chi connectivity index (χ2v) is 7.64. The summed E-state index contributed by atoms with van der Waals surface area (Å²) in [6, 6.07) is 17.1. The Morgan fingerprint density at radius 2 is 1.84 bits per heavy atom. The van der Waals surface area contributed by atoms with Crippen LogP contribution in [0.3, 0.4) is 0 Å². The van der Waals surface area contributed by atoms with Gasteiger partial charge < -0.3 is 0 Å². The van der Waals surface area contributed by atoms with Gasteiger partial charge in [-0.1, -0.05) is 68.2 Å². The quantitative estimate of drug-likeness (QED) is 0.562. The van der Waals surface area contributed by atoms with Crippen LogP contribution in [0.25, 0.3) is 6.08 Å². The molecule has 1 heterocycles. The number of hydrogen-bond acceptors (Lipinski definition) is 4. The number of carbonyl (C=O) groups excluding carboxylic acids is 1. The highest BCUT2D eigenvalue weighted by molar-refractivity contribution is 8.27. The highest BCUT2D eigenvalue weighted by Gasteiger charge is 2.34. The van der Waals surface area contributed by atoms with Gasteiger partial charge in [-0.05, 0) is 41.3 Å². The van der Waals surface area contributed by atoms with Crippen molar-refractivity contribution in [2.24, 2.45) is 0 Å². The predicted octanol–water partition coefficient (Wildman–Crippen LogP) is 5.09. The van der Waals surface area contributed by atoms with E-state index in [1.165, 1.54) is 11.8 Å². The van der Waals surface area contributed by atoms with E-state index in [4.69, 9.17) is 17.5 Å². The minimum Gasteiger partial charge on any atom is -0.268 e. The van der Waals surface area contributed by atoms with Crippen molar-refractivity contribution in [3.05, 3.63) is 70.1 Å². The molecule has 0 unspecified atom stereocenters. The average molecular weight is 364 g/mol. The number of amides is 1. The Morgan fingerprint density at radius 1 is 1.16 bits per heavy atom. The molecule has 1 fully saturated rings. The maximum absolute atomic E-state index is 12.9. The van der Waals surface area contributed by atoms with Gasteiger partial charge in [-0.25, -0.2) is 0 Å². The molecule has 1 saturated heterocycles. The normalized spacial score (nSPS) is 15.9. The second-order valence-electron chi connectivity index (χ2n) is 5.96.